The van der Waals surface area contributed by atoms with E-state index in [2.05, 4.69) is 5.32 Å². The van der Waals surface area contributed by atoms with Crippen LogP contribution in [0.4, 0.5) is 0 Å². The molecule has 1 aromatic rings. The second-order valence-corrected chi connectivity index (χ2v) is 8.36. The third kappa shape index (κ3) is 5.17. The molecule has 1 saturated heterocycles. The summed E-state index contributed by atoms with van der Waals surface area (Å²) in [5.74, 6) is 0.163. The van der Waals surface area contributed by atoms with Crippen molar-refractivity contribution in [3.63, 3.8) is 0 Å². The van der Waals surface area contributed by atoms with Gasteiger partial charge < -0.3 is 15.8 Å². The summed E-state index contributed by atoms with van der Waals surface area (Å²) >= 11 is 0. The number of hydrogen-bond acceptors (Lipinski definition) is 5. The summed E-state index contributed by atoms with van der Waals surface area (Å²) in [5.41, 5.74) is 5.39. The van der Waals surface area contributed by atoms with Gasteiger partial charge in [-0.25, -0.2) is 8.42 Å². The highest BCUT2D eigenvalue weighted by molar-refractivity contribution is 7.89. The molecule has 140 valence electrons. The second kappa shape index (κ2) is 8.64. The average Bonchev–Trinajstić information content (AvgIpc) is 2.59. The number of nitrogens with two attached hydrogens (primary N) is 1. The topological polar surface area (TPSA) is 102 Å². The van der Waals surface area contributed by atoms with E-state index in [1.54, 1.807) is 24.3 Å². The van der Waals surface area contributed by atoms with E-state index < -0.39 is 10.0 Å². The van der Waals surface area contributed by atoms with Gasteiger partial charge in [-0.05, 0) is 51.0 Å². The Morgan fingerprint density at radius 1 is 1.36 bits per heavy atom. The molecule has 0 spiro atoms. The maximum absolute atomic E-state index is 12.8. The fraction of sp³-hybridized carbons (Fsp3) is 0.588. The van der Waals surface area contributed by atoms with E-state index in [1.165, 1.54) is 4.31 Å². The number of piperidine rings is 1. The molecule has 1 heterocycles. The minimum atomic E-state index is -3.62. The number of carbonyl (C=O) groups is 1. The number of amides is 1. The lowest BCUT2D eigenvalue weighted by Gasteiger charge is -2.31. The number of rotatable bonds is 7. The smallest absolute Gasteiger partial charge is 0.243 e. The van der Waals surface area contributed by atoms with Gasteiger partial charge in [-0.2, -0.15) is 4.31 Å². The lowest BCUT2D eigenvalue weighted by molar-refractivity contribution is -0.126. The molecule has 1 unspecified atom stereocenters. The van der Waals surface area contributed by atoms with Crippen LogP contribution in [0.1, 0.15) is 26.7 Å². The molecule has 1 atom stereocenters. The molecule has 2 rings (SSSR count). The Morgan fingerprint density at radius 2 is 2.04 bits per heavy atom. The van der Waals surface area contributed by atoms with E-state index in [9.17, 15) is 13.2 Å². The predicted molar refractivity (Wildman–Crippen MR) is 95.8 cm³/mol. The largest absolute Gasteiger partial charge is 0.491 e. The third-order valence-electron chi connectivity index (χ3n) is 4.03. The summed E-state index contributed by atoms with van der Waals surface area (Å²) < 4.78 is 32.6. The van der Waals surface area contributed by atoms with E-state index in [1.807, 2.05) is 13.8 Å². The van der Waals surface area contributed by atoms with Gasteiger partial charge in [0.1, 0.15) is 5.75 Å². The fourth-order valence-corrected chi connectivity index (χ4v) is 4.35. The Morgan fingerprint density at radius 3 is 2.64 bits per heavy atom. The molecule has 1 fully saturated rings. The quantitative estimate of drug-likeness (QED) is 0.745. The molecule has 1 aliphatic heterocycles. The van der Waals surface area contributed by atoms with Crippen LogP contribution in [0.2, 0.25) is 0 Å². The summed E-state index contributed by atoms with van der Waals surface area (Å²) in [6, 6.07) is 6.40. The first kappa shape index (κ1) is 19.7. The number of carbonyl (C=O) groups excluding carboxylic acids is 1. The number of ether oxygens (including phenoxy) is 1. The number of benzene rings is 1. The minimum absolute atomic E-state index is 0.0253. The van der Waals surface area contributed by atoms with Crippen molar-refractivity contribution in [1.82, 2.24) is 9.62 Å². The fourth-order valence-electron chi connectivity index (χ4n) is 2.83. The Labute approximate surface area is 149 Å². The molecule has 1 amide bonds. The number of nitrogens with zero attached hydrogens (tertiary/aromatic N) is 1. The molecule has 1 aliphatic rings. The van der Waals surface area contributed by atoms with Gasteiger partial charge >= 0.3 is 0 Å². The summed E-state index contributed by atoms with van der Waals surface area (Å²) in [4.78, 5) is 12.3. The summed E-state index contributed by atoms with van der Waals surface area (Å²) in [6.45, 7) is 5.21. The third-order valence-corrected chi connectivity index (χ3v) is 5.91. The van der Waals surface area contributed by atoms with Gasteiger partial charge in [0.15, 0.2) is 0 Å². The highest BCUT2D eigenvalue weighted by Crippen LogP contribution is 2.25. The molecule has 1 aromatic carbocycles. The summed E-state index contributed by atoms with van der Waals surface area (Å²) in [5, 5.41) is 2.74. The zero-order valence-electron chi connectivity index (χ0n) is 14.8. The van der Waals surface area contributed by atoms with Crippen LogP contribution in [0.5, 0.6) is 5.75 Å². The first-order valence-electron chi connectivity index (χ1n) is 8.59. The van der Waals surface area contributed by atoms with Crippen LogP contribution >= 0.6 is 0 Å². The summed E-state index contributed by atoms with van der Waals surface area (Å²) in [6.07, 6.45) is 1.37. The standard InChI is InChI=1S/C17H27N3O4S/c1-13(2)24-15-5-7-16(8-6-15)25(22,23)20-11-3-4-14(12-20)17(21)19-10-9-18/h5-8,13-14H,3-4,9-12,18H2,1-2H3,(H,19,21). The zero-order chi connectivity index (χ0) is 18.4. The van der Waals surface area contributed by atoms with Gasteiger partial charge in [-0.15, -0.1) is 0 Å². The molecule has 25 heavy (non-hydrogen) atoms. The van der Waals surface area contributed by atoms with Crippen molar-refractivity contribution in [3.05, 3.63) is 24.3 Å². The minimum Gasteiger partial charge on any atom is -0.491 e. The molecule has 0 aliphatic carbocycles. The van der Waals surface area contributed by atoms with E-state index >= 15 is 0 Å². The van der Waals surface area contributed by atoms with E-state index in [4.69, 9.17) is 10.5 Å². The SMILES string of the molecule is CC(C)Oc1ccc(S(=O)(=O)N2CCCC(C(=O)NCCN)C2)cc1. The molecule has 0 aromatic heterocycles. The molecular formula is C17H27N3O4S. The van der Waals surface area contributed by atoms with Crippen molar-refractivity contribution in [3.8, 4) is 5.75 Å². The van der Waals surface area contributed by atoms with Crippen LogP contribution in [0.3, 0.4) is 0 Å². The molecule has 0 bridgehead atoms. The lowest BCUT2D eigenvalue weighted by atomic mass is 9.99. The first-order valence-corrected chi connectivity index (χ1v) is 10.0. The van der Waals surface area contributed by atoms with Gasteiger partial charge in [0, 0.05) is 26.2 Å². The van der Waals surface area contributed by atoms with E-state index in [0.717, 1.165) is 0 Å². The zero-order valence-corrected chi connectivity index (χ0v) is 15.6. The average molecular weight is 369 g/mol. The van der Waals surface area contributed by atoms with Crippen molar-refractivity contribution in [2.45, 2.75) is 37.7 Å². The molecule has 0 saturated carbocycles. The molecule has 0 radical (unpaired) electrons. The molecule has 3 N–H and O–H groups in total. The van der Waals surface area contributed by atoms with Crippen molar-refractivity contribution >= 4 is 15.9 Å². The van der Waals surface area contributed by atoms with Gasteiger partial charge in [0.05, 0.1) is 16.9 Å². The van der Waals surface area contributed by atoms with Crippen molar-refractivity contribution in [1.29, 1.82) is 0 Å². The predicted octanol–water partition coefficient (Wildman–Crippen LogP) is 0.949. The highest BCUT2D eigenvalue weighted by atomic mass is 32.2. The van der Waals surface area contributed by atoms with Gasteiger partial charge in [0.2, 0.25) is 15.9 Å². The normalized spacial score (nSPS) is 19.0. The molecule has 8 heteroatoms. The van der Waals surface area contributed by atoms with Crippen LogP contribution in [0, 0.1) is 5.92 Å². The highest BCUT2D eigenvalue weighted by Gasteiger charge is 2.33. The number of sulfonamides is 1. The van der Waals surface area contributed by atoms with E-state index in [0.29, 0.717) is 38.2 Å². The maximum atomic E-state index is 12.8. The van der Waals surface area contributed by atoms with Crippen molar-refractivity contribution in [2.24, 2.45) is 11.7 Å². The van der Waals surface area contributed by atoms with Crippen molar-refractivity contribution < 1.29 is 17.9 Å². The monoisotopic (exact) mass is 369 g/mol. The van der Waals surface area contributed by atoms with Gasteiger partial charge in [-0.3, -0.25) is 4.79 Å². The Bertz CT molecular complexity index is 674. The van der Waals surface area contributed by atoms with Crippen LogP contribution < -0.4 is 15.8 Å². The maximum Gasteiger partial charge on any atom is 0.243 e. The Hall–Kier alpha value is -1.64. The van der Waals surface area contributed by atoms with E-state index in [-0.39, 0.29) is 29.4 Å². The molecule has 7 nitrogen and oxygen atoms in total. The summed E-state index contributed by atoms with van der Waals surface area (Å²) in [7, 11) is -3.62. The van der Waals surface area contributed by atoms with Crippen LogP contribution in [-0.2, 0) is 14.8 Å². The Balaban J connectivity index is 2.09. The van der Waals surface area contributed by atoms with Crippen molar-refractivity contribution in [2.75, 3.05) is 26.2 Å². The van der Waals surface area contributed by atoms with Crippen LogP contribution in [0.25, 0.3) is 0 Å². The van der Waals surface area contributed by atoms with Crippen LogP contribution in [-0.4, -0.2) is 50.9 Å². The second-order valence-electron chi connectivity index (χ2n) is 6.42. The number of hydrogen-bond donors (Lipinski definition) is 2. The number of nitrogens with one attached hydrogen (secondary N) is 1. The lowest BCUT2D eigenvalue weighted by Crippen LogP contribution is -2.46. The first-order chi connectivity index (χ1) is 11.8. The molecular weight excluding hydrogens is 342 g/mol. The van der Waals surface area contributed by atoms with Gasteiger partial charge in [-0.1, -0.05) is 0 Å². The Kier molecular flexibility index (Phi) is 6.80. The van der Waals surface area contributed by atoms with Crippen LogP contribution in [0.15, 0.2) is 29.2 Å². The van der Waals surface area contributed by atoms with Gasteiger partial charge in [0.25, 0.3) is 0 Å².